The summed E-state index contributed by atoms with van der Waals surface area (Å²) >= 11 is 0. The van der Waals surface area contributed by atoms with E-state index < -0.39 is 0 Å². The number of hydrogen-bond acceptors (Lipinski definition) is 6. The summed E-state index contributed by atoms with van der Waals surface area (Å²) < 4.78 is 16.2. The molecule has 0 spiro atoms. The van der Waals surface area contributed by atoms with Crippen LogP contribution in [0.4, 0.5) is 5.82 Å². The third-order valence-corrected chi connectivity index (χ3v) is 2.60. The van der Waals surface area contributed by atoms with Gasteiger partial charge in [-0.15, -0.1) is 0 Å². The molecule has 0 aliphatic carbocycles. The molecule has 0 fully saturated rings. The Morgan fingerprint density at radius 2 is 2.05 bits per heavy atom. The van der Waals surface area contributed by atoms with E-state index in [1.54, 1.807) is 6.26 Å². The summed E-state index contributed by atoms with van der Waals surface area (Å²) in [4.78, 5) is 8.34. The van der Waals surface area contributed by atoms with Gasteiger partial charge in [0.05, 0.1) is 12.8 Å². The molecule has 108 valence electrons. The minimum atomic E-state index is -0.285. The van der Waals surface area contributed by atoms with E-state index in [9.17, 15) is 0 Å². The molecule has 0 amide bonds. The van der Waals surface area contributed by atoms with E-state index in [-0.39, 0.29) is 6.29 Å². The van der Waals surface area contributed by atoms with E-state index in [1.165, 1.54) is 6.33 Å². The normalized spacial score (nSPS) is 10.9. The molecule has 0 saturated heterocycles. The highest BCUT2D eigenvalue weighted by molar-refractivity contribution is 5.56. The smallest absolute Gasteiger partial charge is 0.174 e. The molecule has 1 N–H and O–H groups in total. The maximum atomic E-state index is 5.46. The number of furan rings is 1. The van der Waals surface area contributed by atoms with Crippen LogP contribution in [0.15, 0.2) is 35.2 Å². The maximum Gasteiger partial charge on any atom is 0.174 e. The standard InChI is InChI=1S/C14H19N3O3/c1-3-18-14(19-4-2)9-15-13-8-11(16-10-17-13)12-6-5-7-20-12/h5-8,10,14H,3-4,9H2,1-2H3,(H,15,16,17). The Bertz CT molecular complexity index is 496. The van der Waals surface area contributed by atoms with Crippen molar-refractivity contribution in [2.24, 2.45) is 0 Å². The molecule has 0 aliphatic rings. The lowest BCUT2D eigenvalue weighted by molar-refractivity contribution is -0.126. The second-order valence-electron chi connectivity index (χ2n) is 3.99. The maximum absolute atomic E-state index is 5.46. The first kappa shape index (κ1) is 14.5. The highest BCUT2D eigenvalue weighted by atomic mass is 16.7. The molecule has 0 radical (unpaired) electrons. The minimum absolute atomic E-state index is 0.285. The predicted molar refractivity (Wildman–Crippen MR) is 75.3 cm³/mol. The average molecular weight is 277 g/mol. The minimum Gasteiger partial charge on any atom is -0.463 e. The fourth-order valence-electron chi connectivity index (χ4n) is 1.74. The summed E-state index contributed by atoms with van der Waals surface area (Å²) in [7, 11) is 0. The van der Waals surface area contributed by atoms with E-state index >= 15 is 0 Å². The van der Waals surface area contributed by atoms with Crippen LogP contribution in [0.1, 0.15) is 13.8 Å². The first-order chi connectivity index (χ1) is 9.83. The van der Waals surface area contributed by atoms with E-state index in [0.29, 0.717) is 31.3 Å². The van der Waals surface area contributed by atoms with Gasteiger partial charge in [0.25, 0.3) is 0 Å². The molecular weight excluding hydrogens is 258 g/mol. The second kappa shape index (κ2) is 7.62. The fourth-order valence-corrected chi connectivity index (χ4v) is 1.74. The van der Waals surface area contributed by atoms with Gasteiger partial charge >= 0.3 is 0 Å². The molecular formula is C14H19N3O3. The van der Waals surface area contributed by atoms with Gasteiger partial charge in [-0.05, 0) is 26.0 Å². The largest absolute Gasteiger partial charge is 0.463 e. The molecule has 0 aliphatic heterocycles. The van der Waals surface area contributed by atoms with Crippen molar-refractivity contribution in [3.05, 3.63) is 30.8 Å². The van der Waals surface area contributed by atoms with Gasteiger partial charge in [-0.2, -0.15) is 0 Å². The summed E-state index contributed by atoms with van der Waals surface area (Å²) in [5.74, 6) is 1.41. The molecule has 6 nitrogen and oxygen atoms in total. The summed E-state index contributed by atoms with van der Waals surface area (Å²) in [6, 6.07) is 5.51. The van der Waals surface area contributed by atoms with Gasteiger partial charge in [-0.3, -0.25) is 0 Å². The summed E-state index contributed by atoms with van der Waals surface area (Å²) in [6.07, 6.45) is 2.83. The van der Waals surface area contributed by atoms with Crippen LogP contribution in [0.25, 0.3) is 11.5 Å². The molecule has 0 atom stereocenters. The van der Waals surface area contributed by atoms with Crippen molar-refractivity contribution in [3.63, 3.8) is 0 Å². The second-order valence-corrected chi connectivity index (χ2v) is 3.99. The molecule has 2 aromatic rings. The number of nitrogens with zero attached hydrogens (tertiary/aromatic N) is 2. The van der Waals surface area contributed by atoms with E-state index in [1.807, 2.05) is 32.0 Å². The van der Waals surface area contributed by atoms with Crippen LogP contribution in [-0.4, -0.2) is 36.0 Å². The summed E-state index contributed by atoms with van der Waals surface area (Å²) in [5.41, 5.74) is 0.733. The van der Waals surface area contributed by atoms with Gasteiger partial charge in [0, 0.05) is 19.3 Å². The van der Waals surface area contributed by atoms with Gasteiger partial charge in [-0.1, -0.05) is 0 Å². The zero-order valence-electron chi connectivity index (χ0n) is 11.7. The monoisotopic (exact) mass is 277 g/mol. The SMILES string of the molecule is CCOC(CNc1cc(-c2ccco2)ncn1)OCC. The van der Waals surface area contributed by atoms with Gasteiger partial charge in [-0.25, -0.2) is 9.97 Å². The van der Waals surface area contributed by atoms with E-state index in [0.717, 1.165) is 5.69 Å². The molecule has 6 heteroatoms. The van der Waals surface area contributed by atoms with Gasteiger partial charge in [0.2, 0.25) is 0 Å². The molecule has 0 bridgehead atoms. The van der Waals surface area contributed by atoms with Crippen LogP contribution in [0.5, 0.6) is 0 Å². The Kier molecular flexibility index (Phi) is 5.52. The van der Waals surface area contributed by atoms with Crippen LogP contribution in [-0.2, 0) is 9.47 Å². The molecule has 2 heterocycles. The van der Waals surface area contributed by atoms with Crippen molar-refractivity contribution in [1.29, 1.82) is 0 Å². The lowest BCUT2D eigenvalue weighted by Crippen LogP contribution is -2.26. The van der Waals surface area contributed by atoms with Crippen LogP contribution in [0.2, 0.25) is 0 Å². The number of anilines is 1. The highest BCUT2D eigenvalue weighted by Crippen LogP contribution is 2.18. The molecule has 0 aromatic carbocycles. The van der Waals surface area contributed by atoms with Crippen molar-refractivity contribution in [2.45, 2.75) is 20.1 Å². The number of ether oxygens (including phenoxy) is 2. The Balaban J connectivity index is 1.97. The molecule has 2 aromatic heterocycles. The molecule has 0 unspecified atom stereocenters. The molecule has 2 rings (SSSR count). The van der Waals surface area contributed by atoms with E-state index in [4.69, 9.17) is 13.9 Å². The van der Waals surface area contributed by atoms with Crippen LogP contribution < -0.4 is 5.32 Å². The third kappa shape index (κ3) is 4.04. The van der Waals surface area contributed by atoms with E-state index in [2.05, 4.69) is 15.3 Å². The van der Waals surface area contributed by atoms with Gasteiger partial charge in [0.1, 0.15) is 17.8 Å². The quantitative estimate of drug-likeness (QED) is 0.748. The van der Waals surface area contributed by atoms with Gasteiger partial charge in [0.15, 0.2) is 12.1 Å². The van der Waals surface area contributed by atoms with Crippen LogP contribution >= 0.6 is 0 Å². The zero-order chi connectivity index (χ0) is 14.2. The van der Waals surface area contributed by atoms with Crippen LogP contribution in [0, 0.1) is 0 Å². The first-order valence-electron chi connectivity index (χ1n) is 6.66. The predicted octanol–water partition coefficient (Wildman–Crippen LogP) is 2.55. The number of aromatic nitrogens is 2. The lowest BCUT2D eigenvalue weighted by atomic mass is 10.3. The third-order valence-electron chi connectivity index (χ3n) is 2.60. The Morgan fingerprint density at radius 3 is 2.70 bits per heavy atom. The molecule has 0 saturated carbocycles. The summed E-state index contributed by atoms with van der Waals surface area (Å²) in [5, 5.41) is 3.17. The van der Waals surface area contributed by atoms with Crippen molar-refractivity contribution in [1.82, 2.24) is 9.97 Å². The number of nitrogens with one attached hydrogen (secondary N) is 1. The highest BCUT2D eigenvalue weighted by Gasteiger charge is 2.09. The topological polar surface area (TPSA) is 69.4 Å². The van der Waals surface area contributed by atoms with Gasteiger partial charge < -0.3 is 19.2 Å². The fraction of sp³-hybridized carbons (Fsp3) is 0.429. The molecule has 20 heavy (non-hydrogen) atoms. The Labute approximate surface area is 118 Å². The Hall–Kier alpha value is -1.92. The zero-order valence-corrected chi connectivity index (χ0v) is 11.7. The first-order valence-corrected chi connectivity index (χ1v) is 6.66. The van der Waals surface area contributed by atoms with Crippen molar-refractivity contribution >= 4 is 5.82 Å². The Morgan fingerprint density at radius 1 is 1.25 bits per heavy atom. The number of hydrogen-bond donors (Lipinski definition) is 1. The van der Waals surface area contributed by atoms with Crippen molar-refractivity contribution in [2.75, 3.05) is 25.1 Å². The van der Waals surface area contributed by atoms with Crippen molar-refractivity contribution in [3.8, 4) is 11.5 Å². The summed E-state index contributed by atoms with van der Waals surface area (Å²) in [6.45, 7) is 5.61. The average Bonchev–Trinajstić information content (AvgIpc) is 3.00. The van der Waals surface area contributed by atoms with Crippen molar-refractivity contribution < 1.29 is 13.9 Å². The van der Waals surface area contributed by atoms with Crippen LogP contribution in [0.3, 0.4) is 0 Å². The number of rotatable bonds is 8. The lowest BCUT2D eigenvalue weighted by Gasteiger charge is -2.17.